The molecular formula is C20H12FN7O2. The van der Waals surface area contributed by atoms with Gasteiger partial charge in [-0.1, -0.05) is 12.1 Å². The first kappa shape index (κ1) is 17.6. The van der Waals surface area contributed by atoms with Gasteiger partial charge in [-0.05, 0) is 35.9 Å². The molecule has 9 nitrogen and oxygen atoms in total. The van der Waals surface area contributed by atoms with Crippen molar-refractivity contribution in [2.24, 2.45) is 0 Å². The lowest BCUT2D eigenvalue weighted by Gasteiger charge is -2.09. The summed E-state index contributed by atoms with van der Waals surface area (Å²) in [5.74, 6) is -0.836. The summed E-state index contributed by atoms with van der Waals surface area (Å²) in [4.78, 5) is 29.0. The summed E-state index contributed by atoms with van der Waals surface area (Å²) in [5, 5.41) is 12.5. The van der Waals surface area contributed by atoms with Gasteiger partial charge in [0.1, 0.15) is 11.3 Å². The third-order valence-corrected chi connectivity index (χ3v) is 4.56. The molecule has 30 heavy (non-hydrogen) atoms. The predicted molar refractivity (Wildman–Crippen MR) is 106 cm³/mol. The number of aromatic nitrogens is 6. The smallest absolute Gasteiger partial charge is 0.267 e. The number of fused-ring (bicyclic) bond motifs is 3. The number of carbonyl (C=O) groups excluding carboxylic acids is 1. The van der Waals surface area contributed by atoms with Crippen LogP contribution in [0.15, 0.2) is 72.0 Å². The highest BCUT2D eigenvalue weighted by atomic mass is 19.1. The van der Waals surface area contributed by atoms with E-state index in [1.165, 1.54) is 29.0 Å². The first-order chi connectivity index (χ1) is 14.6. The van der Waals surface area contributed by atoms with Crippen molar-refractivity contribution in [2.75, 3.05) is 5.43 Å². The molecule has 0 saturated carbocycles. The molecule has 4 aromatic heterocycles. The van der Waals surface area contributed by atoms with Gasteiger partial charge in [0.05, 0.1) is 11.8 Å². The van der Waals surface area contributed by atoms with Crippen LogP contribution in [0.5, 0.6) is 0 Å². The summed E-state index contributed by atoms with van der Waals surface area (Å²) >= 11 is 0. The van der Waals surface area contributed by atoms with Gasteiger partial charge in [0, 0.05) is 24.2 Å². The molecule has 0 spiro atoms. The van der Waals surface area contributed by atoms with Crippen molar-refractivity contribution in [1.82, 2.24) is 29.5 Å². The average molecular weight is 401 g/mol. The third kappa shape index (κ3) is 2.87. The maximum absolute atomic E-state index is 13.2. The molecule has 0 radical (unpaired) electrons. The Labute approximate surface area is 167 Å². The number of carbonyl (C=O) groups is 1. The Bertz CT molecular complexity index is 1460. The van der Waals surface area contributed by atoms with Gasteiger partial charge >= 0.3 is 0 Å². The van der Waals surface area contributed by atoms with Crippen molar-refractivity contribution in [2.45, 2.75) is 0 Å². The Balaban J connectivity index is 1.58. The first-order valence-corrected chi connectivity index (χ1v) is 8.85. The maximum Gasteiger partial charge on any atom is 0.299 e. The van der Waals surface area contributed by atoms with E-state index in [1.54, 1.807) is 42.7 Å². The van der Waals surface area contributed by atoms with Crippen LogP contribution < -0.4 is 11.0 Å². The Kier molecular flexibility index (Phi) is 4.02. The van der Waals surface area contributed by atoms with Crippen LogP contribution in [0, 0.1) is 5.82 Å². The van der Waals surface area contributed by atoms with Crippen LogP contribution in [0.1, 0.15) is 10.4 Å². The molecule has 0 bridgehead atoms. The van der Waals surface area contributed by atoms with Gasteiger partial charge in [0.15, 0.2) is 11.2 Å². The quantitative estimate of drug-likeness (QED) is 0.496. The second kappa shape index (κ2) is 6.85. The van der Waals surface area contributed by atoms with Gasteiger partial charge in [-0.3, -0.25) is 20.0 Å². The lowest BCUT2D eigenvalue weighted by molar-refractivity contribution is 0.101. The number of nitrogens with zero attached hydrogens (tertiary/aromatic N) is 6. The van der Waals surface area contributed by atoms with E-state index < -0.39 is 11.5 Å². The van der Waals surface area contributed by atoms with Gasteiger partial charge in [0.2, 0.25) is 0 Å². The van der Waals surface area contributed by atoms with Gasteiger partial charge in [-0.2, -0.15) is 5.10 Å². The molecule has 0 atom stereocenters. The minimum absolute atomic E-state index is 0.0326. The molecular weight excluding hydrogens is 389 g/mol. The van der Waals surface area contributed by atoms with Gasteiger partial charge in [0.25, 0.3) is 11.5 Å². The number of nitrogens with one attached hydrogen (secondary N) is 1. The van der Waals surface area contributed by atoms with Crippen molar-refractivity contribution >= 4 is 22.6 Å². The lowest BCUT2D eigenvalue weighted by atomic mass is 10.1. The summed E-state index contributed by atoms with van der Waals surface area (Å²) in [7, 11) is 0. The Morgan fingerprint density at radius 1 is 1.03 bits per heavy atom. The minimum atomic E-state index is -0.557. The van der Waals surface area contributed by atoms with Crippen molar-refractivity contribution in [3.05, 3.63) is 89.0 Å². The third-order valence-electron chi connectivity index (χ3n) is 4.56. The highest BCUT2D eigenvalue weighted by molar-refractivity contribution is 5.99. The van der Waals surface area contributed by atoms with E-state index in [0.29, 0.717) is 22.3 Å². The molecule has 5 rings (SSSR count). The van der Waals surface area contributed by atoms with Crippen LogP contribution in [0.2, 0.25) is 0 Å². The molecule has 1 aromatic carbocycles. The van der Waals surface area contributed by atoms with Crippen molar-refractivity contribution in [3.8, 4) is 11.1 Å². The Hall–Kier alpha value is -4.47. The lowest BCUT2D eigenvalue weighted by Crippen LogP contribution is -2.33. The molecule has 0 unspecified atom stereocenters. The molecule has 4 heterocycles. The van der Waals surface area contributed by atoms with Crippen LogP contribution in [0.25, 0.3) is 27.8 Å². The fraction of sp³-hybridized carbons (Fsp3) is 0. The largest absolute Gasteiger partial charge is 0.299 e. The summed E-state index contributed by atoms with van der Waals surface area (Å²) in [6.07, 6.45) is 5.93. The summed E-state index contributed by atoms with van der Waals surface area (Å²) in [5.41, 5.74) is 4.49. The standard InChI is InChI=1S/C20H12FN7O2/c21-14-5-3-12(4-6-14)15-11-23-28-16-7-9-27(20(30)17(16)24-25-18(15)28)26-19(29)13-2-1-8-22-10-13/h1-11H,(H,26,29). The Morgan fingerprint density at radius 3 is 2.63 bits per heavy atom. The van der Waals surface area contributed by atoms with E-state index in [-0.39, 0.29) is 11.3 Å². The molecule has 0 aliphatic heterocycles. The number of hydrogen-bond acceptors (Lipinski definition) is 6. The van der Waals surface area contributed by atoms with Crippen LogP contribution in [0.3, 0.4) is 0 Å². The molecule has 0 saturated heterocycles. The van der Waals surface area contributed by atoms with Gasteiger partial charge < -0.3 is 0 Å². The molecule has 10 heteroatoms. The van der Waals surface area contributed by atoms with E-state index in [1.807, 2.05) is 0 Å². The van der Waals surface area contributed by atoms with Crippen LogP contribution >= 0.6 is 0 Å². The van der Waals surface area contributed by atoms with E-state index in [0.717, 1.165) is 10.2 Å². The molecule has 0 aliphatic carbocycles. The number of benzene rings is 1. The topological polar surface area (TPSA) is 107 Å². The Morgan fingerprint density at radius 2 is 1.87 bits per heavy atom. The van der Waals surface area contributed by atoms with Crippen LogP contribution in [-0.4, -0.2) is 35.4 Å². The molecule has 1 N–H and O–H groups in total. The van der Waals surface area contributed by atoms with Gasteiger partial charge in [-0.15, -0.1) is 10.2 Å². The minimum Gasteiger partial charge on any atom is -0.267 e. The van der Waals surface area contributed by atoms with Crippen molar-refractivity contribution in [3.63, 3.8) is 0 Å². The molecule has 5 aromatic rings. The maximum atomic E-state index is 13.2. The summed E-state index contributed by atoms with van der Waals surface area (Å²) in [6.45, 7) is 0. The highest BCUT2D eigenvalue weighted by Gasteiger charge is 2.15. The highest BCUT2D eigenvalue weighted by Crippen LogP contribution is 2.24. The van der Waals surface area contributed by atoms with Crippen LogP contribution in [-0.2, 0) is 0 Å². The fourth-order valence-electron chi connectivity index (χ4n) is 3.08. The number of hydrogen-bond donors (Lipinski definition) is 1. The second-order valence-corrected chi connectivity index (χ2v) is 6.41. The van der Waals surface area contributed by atoms with Gasteiger partial charge in [-0.25, -0.2) is 13.6 Å². The monoisotopic (exact) mass is 401 g/mol. The van der Waals surface area contributed by atoms with E-state index in [9.17, 15) is 14.0 Å². The predicted octanol–water partition coefficient (Wildman–Crippen LogP) is 2.02. The first-order valence-electron chi connectivity index (χ1n) is 8.85. The zero-order valence-corrected chi connectivity index (χ0v) is 15.2. The summed E-state index contributed by atoms with van der Waals surface area (Å²) in [6, 6.07) is 10.7. The van der Waals surface area contributed by atoms with Crippen molar-refractivity contribution < 1.29 is 9.18 Å². The average Bonchev–Trinajstić information content (AvgIpc) is 3.21. The molecule has 1 amide bonds. The number of halogens is 1. The summed E-state index contributed by atoms with van der Waals surface area (Å²) < 4.78 is 15.7. The second-order valence-electron chi connectivity index (χ2n) is 6.41. The number of amides is 1. The molecule has 0 fully saturated rings. The van der Waals surface area contributed by atoms with E-state index >= 15 is 0 Å². The number of pyridine rings is 2. The molecule has 0 aliphatic rings. The van der Waals surface area contributed by atoms with Crippen LogP contribution in [0.4, 0.5) is 4.39 Å². The van der Waals surface area contributed by atoms with E-state index in [4.69, 9.17) is 0 Å². The zero-order valence-electron chi connectivity index (χ0n) is 15.2. The normalized spacial score (nSPS) is 11.1. The van der Waals surface area contributed by atoms with E-state index in [2.05, 4.69) is 25.7 Å². The SMILES string of the molecule is O=C(Nn1ccc2c(nnc3c(-c4ccc(F)cc4)cnn32)c1=O)c1cccnc1. The number of rotatable bonds is 3. The van der Waals surface area contributed by atoms with Crippen molar-refractivity contribution in [1.29, 1.82) is 0 Å². The zero-order chi connectivity index (χ0) is 20.7. The fourth-order valence-corrected chi connectivity index (χ4v) is 3.08. The molecule has 146 valence electrons.